The molecule has 8 heteroatoms. The van der Waals surface area contributed by atoms with E-state index < -0.39 is 34.7 Å². The largest absolute Gasteiger partial charge is 0.402 e. The summed E-state index contributed by atoms with van der Waals surface area (Å²) < 4.78 is 64.6. The third kappa shape index (κ3) is 4.67. The summed E-state index contributed by atoms with van der Waals surface area (Å²) in [5, 5.41) is -0.856. The van der Waals surface area contributed by atoms with Gasteiger partial charge in [-0.3, -0.25) is 0 Å². The molecule has 0 fully saturated rings. The number of hydrogen-bond acceptors (Lipinski definition) is 3. The predicted molar refractivity (Wildman–Crippen MR) is 53.3 cm³/mol. The van der Waals surface area contributed by atoms with Crippen LogP contribution in [-0.4, -0.2) is 44.5 Å². The van der Waals surface area contributed by atoms with Gasteiger partial charge in [-0.05, 0) is 13.3 Å². The fourth-order valence-electron chi connectivity index (χ4n) is 1.02. The Morgan fingerprint density at radius 1 is 1.38 bits per heavy atom. The van der Waals surface area contributed by atoms with E-state index in [1.54, 1.807) is 6.92 Å². The van der Waals surface area contributed by atoms with Gasteiger partial charge in [0.2, 0.25) is 10.0 Å². The monoisotopic (exact) mass is 263 g/mol. The summed E-state index contributed by atoms with van der Waals surface area (Å²) in [4.78, 5) is 0. The first kappa shape index (κ1) is 15.7. The van der Waals surface area contributed by atoms with Crippen LogP contribution in [0.25, 0.3) is 0 Å². The van der Waals surface area contributed by atoms with Gasteiger partial charge in [0.05, 0.1) is 5.25 Å². The van der Waals surface area contributed by atoms with Crippen LogP contribution >= 0.6 is 0 Å². The molecule has 98 valence electrons. The summed E-state index contributed by atoms with van der Waals surface area (Å²) in [7, 11) is -2.81. The number of nitrogens with zero attached hydrogens (tertiary/aromatic N) is 1. The summed E-state index contributed by atoms with van der Waals surface area (Å²) in [6.45, 7) is 0.856. The lowest BCUT2D eigenvalue weighted by atomic mass is 10.4. The van der Waals surface area contributed by atoms with Crippen molar-refractivity contribution in [2.45, 2.75) is 31.7 Å². The van der Waals surface area contributed by atoms with Crippen LogP contribution in [-0.2, 0) is 14.8 Å². The second kappa shape index (κ2) is 5.83. The van der Waals surface area contributed by atoms with Gasteiger partial charge in [0.25, 0.3) is 0 Å². The molecule has 0 radical (unpaired) electrons. The van der Waals surface area contributed by atoms with Crippen molar-refractivity contribution in [2.24, 2.45) is 0 Å². The Bertz CT molecular complexity index is 302. The molecular formula is C8H16F3NO3S. The summed E-state index contributed by atoms with van der Waals surface area (Å²) in [6.07, 6.45) is -4.32. The minimum Gasteiger partial charge on any atom is -0.368 e. The first-order chi connectivity index (χ1) is 7.15. The molecule has 0 aliphatic rings. The summed E-state index contributed by atoms with van der Waals surface area (Å²) in [5.41, 5.74) is 0. The number of hydrogen-bond donors (Lipinski definition) is 0. The lowest BCUT2D eigenvalue weighted by molar-refractivity contribution is -0.142. The average molecular weight is 263 g/mol. The Hall–Kier alpha value is -0.340. The zero-order valence-electron chi connectivity index (χ0n) is 9.41. The highest BCUT2D eigenvalue weighted by atomic mass is 32.2. The minimum absolute atomic E-state index is 0.250. The Morgan fingerprint density at radius 2 is 1.88 bits per heavy atom. The van der Waals surface area contributed by atoms with Crippen molar-refractivity contribution in [3.63, 3.8) is 0 Å². The molecule has 0 rings (SSSR count). The van der Waals surface area contributed by atoms with E-state index in [1.165, 1.54) is 6.92 Å². The maximum absolute atomic E-state index is 12.2. The normalized spacial score (nSPS) is 15.4. The molecule has 0 aromatic rings. The van der Waals surface area contributed by atoms with Gasteiger partial charge < -0.3 is 4.74 Å². The summed E-state index contributed by atoms with van der Waals surface area (Å²) >= 11 is 0. The zero-order valence-corrected chi connectivity index (χ0v) is 10.2. The van der Waals surface area contributed by atoms with Crippen LogP contribution in [0, 0.1) is 0 Å². The third-order valence-electron chi connectivity index (χ3n) is 2.07. The molecule has 0 heterocycles. The number of alkyl halides is 3. The first-order valence-corrected chi connectivity index (χ1v) is 6.20. The van der Waals surface area contributed by atoms with E-state index in [9.17, 15) is 21.6 Å². The molecule has 0 amide bonds. The number of halogens is 3. The van der Waals surface area contributed by atoms with Crippen LogP contribution < -0.4 is 0 Å². The number of ether oxygens (including phenoxy) is 1. The van der Waals surface area contributed by atoms with Crippen molar-refractivity contribution in [1.82, 2.24) is 4.31 Å². The number of methoxy groups -OCH3 is 1. The standard InChI is InChI=1S/C8H16F3NO3S/c1-4-7(2)16(13,14)12(6-15-3)5-8(9,10)11/h7H,4-6H2,1-3H3. The van der Waals surface area contributed by atoms with Gasteiger partial charge in [0, 0.05) is 7.11 Å². The van der Waals surface area contributed by atoms with E-state index >= 15 is 0 Å². The summed E-state index contributed by atoms with van der Waals surface area (Å²) in [6, 6.07) is 0. The van der Waals surface area contributed by atoms with E-state index in [2.05, 4.69) is 4.74 Å². The fourth-order valence-corrected chi connectivity index (χ4v) is 2.53. The molecule has 1 atom stereocenters. The Morgan fingerprint density at radius 3 is 2.19 bits per heavy atom. The van der Waals surface area contributed by atoms with E-state index in [0.717, 1.165) is 7.11 Å². The van der Waals surface area contributed by atoms with Crippen LogP contribution in [0.15, 0.2) is 0 Å². The Kier molecular flexibility index (Phi) is 5.71. The predicted octanol–water partition coefficient (Wildman–Crippen LogP) is 1.58. The van der Waals surface area contributed by atoms with Gasteiger partial charge in [-0.1, -0.05) is 6.92 Å². The summed E-state index contributed by atoms with van der Waals surface area (Å²) in [5.74, 6) is 0. The van der Waals surface area contributed by atoms with Gasteiger partial charge in [-0.2, -0.15) is 17.5 Å². The second-order valence-electron chi connectivity index (χ2n) is 3.41. The lowest BCUT2D eigenvalue weighted by Crippen LogP contribution is -2.43. The van der Waals surface area contributed by atoms with Gasteiger partial charge in [-0.15, -0.1) is 0 Å². The van der Waals surface area contributed by atoms with Gasteiger partial charge in [-0.25, -0.2) is 8.42 Å². The van der Waals surface area contributed by atoms with E-state index in [0.29, 0.717) is 4.31 Å². The maximum atomic E-state index is 12.2. The van der Waals surface area contributed by atoms with Crippen molar-refractivity contribution < 1.29 is 26.3 Å². The van der Waals surface area contributed by atoms with Gasteiger partial charge in [0.15, 0.2) is 0 Å². The van der Waals surface area contributed by atoms with Crippen molar-refractivity contribution in [3.05, 3.63) is 0 Å². The molecular weight excluding hydrogens is 247 g/mol. The van der Waals surface area contributed by atoms with E-state index in [4.69, 9.17) is 0 Å². The highest BCUT2D eigenvalue weighted by Gasteiger charge is 2.38. The molecule has 1 unspecified atom stereocenters. The molecule has 0 aromatic heterocycles. The van der Waals surface area contributed by atoms with E-state index in [-0.39, 0.29) is 6.42 Å². The molecule has 0 aliphatic heterocycles. The fraction of sp³-hybridized carbons (Fsp3) is 1.00. The highest BCUT2D eigenvalue weighted by Crippen LogP contribution is 2.21. The third-order valence-corrected chi connectivity index (χ3v) is 4.38. The number of rotatable bonds is 6. The van der Waals surface area contributed by atoms with Crippen molar-refractivity contribution in [3.8, 4) is 0 Å². The van der Waals surface area contributed by atoms with Gasteiger partial charge in [0.1, 0.15) is 13.3 Å². The van der Waals surface area contributed by atoms with Crippen LogP contribution in [0.3, 0.4) is 0 Å². The Balaban J connectivity index is 4.91. The molecule has 0 spiro atoms. The van der Waals surface area contributed by atoms with Crippen LogP contribution in [0.5, 0.6) is 0 Å². The molecule has 0 bridgehead atoms. The topological polar surface area (TPSA) is 46.6 Å². The van der Waals surface area contributed by atoms with Crippen molar-refractivity contribution >= 4 is 10.0 Å². The molecule has 0 aliphatic carbocycles. The second-order valence-corrected chi connectivity index (χ2v) is 5.76. The van der Waals surface area contributed by atoms with Crippen LogP contribution in [0.1, 0.15) is 20.3 Å². The van der Waals surface area contributed by atoms with Crippen molar-refractivity contribution in [1.29, 1.82) is 0 Å². The average Bonchev–Trinajstić information content (AvgIpc) is 2.13. The highest BCUT2D eigenvalue weighted by molar-refractivity contribution is 7.89. The molecule has 0 N–H and O–H groups in total. The molecule has 16 heavy (non-hydrogen) atoms. The van der Waals surface area contributed by atoms with Crippen molar-refractivity contribution in [2.75, 3.05) is 20.4 Å². The van der Waals surface area contributed by atoms with E-state index in [1.807, 2.05) is 0 Å². The van der Waals surface area contributed by atoms with Gasteiger partial charge >= 0.3 is 6.18 Å². The van der Waals surface area contributed by atoms with Crippen LogP contribution in [0.4, 0.5) is 13.2 Å². The zero-order chi connectivity index (χ0) is 13.0. The molecule has 0 aromatic carbocycles. The minimum atomic E-state index is -4.57. The molecule has 0 saturated heterocycles. The molecule has 4 nitrogen and oxygen atoms in total. The Labute approximate surface area is 93.4 Å². The first-order valence-electron chi connectivity index (χ1n) is 4.69. The lowest BCUT2D eigenvalue weighted by Gasteiger charge is -2.25. The maximum Gasteiger partial charge on any atom is 0.402 e. The molecule has 0 saturated carbocycles. The smallest absolute Gasteiger partial charge is 0.368 e. The van der Waals surface area contributed by atoms with Crippen LogP contribution in [0.2, 0.25) is 0 Å². The SMILES string of the molecule is CCC(C)S(=O)(=O)N(COC)CC(F)(F)F. The quantitative estimate of drug-likeness (QED) is 0.684. The number of sulfonamides is 1.